The third kappa shape index (κ3) is 13.2. The first-order chi connectivity index (χ1) is 29.7. The average Bonchev–Trinajstić information content (AvgIpc) is 3.86. The summed E-state index contributed by atoms with van der Waals surface area (Å²) in [5.41, 5.74) is 8.37. The number of carbonyl (C=O) groups excluding carboxylic acids is 7. The molecule has 332 valence electrons. The molecular weight excluding hydrogens is 841 g/mol. The second kappa shape index (κ2) is 22.7. The van der Waals surface area contributed by atoms with Crippen molar-refractivity contribution in [1.82, 2.24) is 40.9 Å². The zero-order valence-corrected chi connectivity index (χ0v) is 36.1. The van der Waals surface area contributed by atoms with E-state index in [0.717, 1.165) is 22.1 Å². The molecule has 7 amide bonds. The van der Waals surface area contributed by atoms with E-state index in [1.54, 1.807) is 6.20 Å². The first-order valence-corrected chi connectivity index (χ1v) is 22.7. The number of amides is 7. The smallest absolute Gasteiger partial charge is 0.305 e. The van der Waals surface area contributed by atoms with E-state index in [-0.39, 0.29) is 30.9 Å². The Hall–Kier alpha value is -6.09. The van der Waals surface area contributed by atoms with E-state index in [1.807, 2.05) is 65.5 Å². The van der Waals surface area contributed by atoms with E-state index in [2.05, 4.69) is 36.1 Å². The number of carboxylic acid groups (broad SMARTS) is 1. The number of carbonyl (C=O) groups is 8. The summed E-state index contributed by atoms with van der Waals surface area (Å²) in [5, 5.41) is 23.2. The van der Waals surface area contributed by atoms with Crippen molar-refractivity contribution in [1.29, 1.82) is 0 Å². The Bertz CT molecular complexity index is 2270. The van der Waals surface area contributed by atoms with Gasteiger partial charge in [-0.15, -0.1) is 0 Å². The predicted octanol–water partition coefficient (Wildman–Crippen LogP) is 0.159. The number of nitrogens with one attached hydrogen (secondary N) is 6. The second-order valence-electron chi connectivity index (χ2n) is 14.9. The maximum absolute atomic E-state index is 14.1. The van der Waals surface area contributed by atoms with Crippen molar-refractivity contribution in [3.63, 3.8) is 0 Å². The van der Waals surface area contributed by atoms with Crippen molar-refractivity contribution in [2.45, 2.75) is 89.1 Å². The summed E-state index contributed by atoms with van der Waals surface area (Å²) >= 11 is 0. The van der Waals surface area contributed by atoms with E-state index in [9.17, 15) is 43.5 Å². The van der Waals surface area contributed by atoms with Gasteiger partial charge in [0.15, 0.2) is 0 Å². The largest absolute Gasteiger partial charge is 0.481 e. The number of aryl methyl sites for hydroxylation is 1. The number of unbranched alkanes of at least 4 members (excludes halogenated alkanes) is 1. The van der Waals surface area contributed by atoms with Crippen molar-refractivity contribution in [3.8, 4) is 0 Å². The number of pyridine rings is 1. The van der Waals surface area contributed by atoms with Crippen LogP contribution < -0.4 is 36.9 Å². The van der Waals surface area contributed by atoms with Crippen molar-refractivity contribution >= 4 is 85.5 Å². The van der Waals surface area contributed by atoms with Gasteiger partial charge in [-0.3, -0.25) is 38.4 Å². The highest BCUT2D eigenvalue weighted by Gasteiger charge is 2.34. The summed E-state index contributed by atoms with van der Waals surface area (Å²) in [4.78, 5) is 110. The van der Waals surface area contributed by atoms with Gasteiger partial charge in [-0.05, 0) is 57.2 Å². The molecule has 4 aromatic rings. The van der Waals surface area contributed by atoms with Gasteiger partial charge in [0.2, 0.25) is 41.4 Å². The van der Waals surface area contributed by atoms with Gasteiger partial charge in [-0.1, -0.05) is 45.9 Å². The number of H-pyrrole nitrogens is 1. The molecule has 4 heterocycles. The highest BCUT2D eigenvalue weighted by atomic mass is 33.1. The Balaban J connectivity index is 1.31. The molecule has 1 aromatic carbocycles. The second-order valence-corrected chi connectivity index (χ2v) is 17.5. The van der Waals surface area contributed by atoms with Crippen LogP contribution in [-0.4, -0.2) is 122 Å². The van der Waals surface area contributed by atoms with Gasteiger partial charge in [0.05, 0.1) is 25.7 Å². The number of carboxylic acids is 1. The number of nitrogens with two attached hydrogens (primary N) is 1. The number of hydrogen-bond acceptors (Lipinski definition) is 10. The number of primary amides is 1. The van der Waals surface area contributed by atoms with Crippen molar-refractivity contribution < 1.29 is 48.0 Å². The minimum Gasteiger partial charge on any atom is -0.481 e. The lowest BCUT2D eigenvalue weighted by molar-refractivity contribution is -0.671. The topological polar surface area (TPSA) is 270 Å². The molecule has 62 heavy (non-hydrogen) atoms. The van der Waals surface area contributed by atoms with Crippen LogP contribution in [0.4, 0.5) is 0 Å². The average molecular weight is 894 g/mol. The van der Waals surface area contributed by atoms with Crippen molar-refractivity contribution in [2.24, 2.45) is 5.73 Å². The predicted molar refractivity (Wildman–Crippen MR) is 232 cm³/mol. The number of para-hydroxylation sites is 1. The minimum atomic E-state index is -1.65. The molecule has 4 unspecified atom stereocenters. The molecule has 19 nitrogen and oxygen atoms in total. The monoisotopic (exact) mass is 893 g/mol. The summed E-state index contributed by atoms with van der Waals surface area (Å²) in [5.74, 6) is -6.29. The number of fused-ring (bicyclic) bond motifs is 2. The van der Waals surface area contributed by atoms with E-state index in [4.69, 9.17) is 5.73 Å². The Morgan fingerprint density at radius 2 is 1.63 bits per heavy atom. The van der Waals surface area contributed by atoms with Crippen LogP contribution >= 0.6 is 21.6 Å². The number of nitrogens with zero attached hydrogens (tertiary/aromatic N) is 3. The normalized spacial score (nSPS) is 22.0. The fourth-order valence-electron chi connectivity index (χ4n) is 6.96. The van der Waals surface area contributed by atoms with Crippen LogP contribution in [-0.2, 0) is 51.3 Å². The van der Waals surface area contributed by atoms with E-state index in [1.165, 1.54) is 40.3 Å². The molecule has 9 N–H and O–H groups in total. The lowest BCUT2D eigenvalue weighted by Gasteiger charge is -2.32. The number of aromatic nitrogens is 3. The maximum atomic E-state index is 14.1. The fourth-order valence-corrected chi connectivity index (χ4v) is 9.12. The van der Waals surface area contributed by atoms with Crippen LogP contribution in [0.1, 0.15) is 51.5 Å². The SMILES string of the molecule is CC1NC(=O)C(CC(=O)O)NC(=O)CNC(=O)C(CCCC[n+]2ccn3ccccc32)NC(=O)CCSSC[C@@H](C(N)=O)NC(=O)C(C)N(CCc2c[nH]c3ccccc23)C1=O. The number of hydrogen-bond donors (Lipinski definition) is 8. The zero-order chi connectivity index (χ0) is 44.8. The number of aliphatic carboxylic acids is 1. The highest BCUT2D eigenvalue weighted by Crippen LogP contribution is 2.23. The summed E-state index contributed by atoms with van der Waals surface area (Å²) in [6.45, 7) is 2.83. The van der Waals surface area contributed by atoms with Gasteiger partial charge in [0.1, 0.15) is 42.6 Å². The number of aromatic amines is 1. The van der Waals surface area contributed by atoms with Crippen LogP contribution in [0.15, 0.2) is 67.3 Å². The van der Waals surface area contributed by atoms with Crippen molar-refractivity contribution in [3.05, 3.63) is 72.8 Å². The van der Waals surface area contributed by atoms with Crippen molar-refractivity contribution in [2.75, 3.05) is 24.6 Å². The van der Waals surface area contributed by atoms with Gasteiger partial charge in [0.25, 0.3) is 5.65 Å². The van der Waals surface area contributed by atoms with E-state index >= 15 is 0 Å². The standard InChI is InChI=1S/C41H52N10O9S2/c1-25-41(60)51(17-13-27-22-43-29-10-4-3-9-28(27)29)26(2)38(57)48-32(37(42)56)24-62-61-20-14-33(52)46-30(11-5-7-15-49-18-19-50-16-8-6-12-35(49)50)39(58)44-23-34(53)47-31(21-36(54)55)40(59)45-25/h3-4,6,8-10,12,16,18-19,22,25-26,30-32,43H,5,7,11,13-15,17,20-21,23-24H2,1-2H3,(H7-,42,44,45,46,47,48,52,53,54,55,56,57,58,59)/p+1/t25?,26?,30?,31?,32-/m0/s1. The molecule has 0 bridgehead atoms. The summed E-state index contributed by atoms with van der Waals surface area (Å²) < 4.78 is 4.04. The van der Waals surface area contributed by atoms with Gasteiger partial charge < -0.3 is 47.3 Å². The Labute approximate surface area is 365 Å². The lowest BCUT2D eigenvalue weighted by atomic mass is 10.1. The molecule has 3 aromatic heterocycles. The molecule has 5 atom stereocenters. The van der Waals surface area contributed by atoms with Crippen LogP contribution in [0.25, 0.3) is 16.6 Å². The van der Waals surface area contributed by atoms with Gasteiger partial charge >= 0.3 is 5.97 Å². The molecule has 21 heteroatoms. The third-order valence-corrected chi connectivity index (χ3v) is 12.8. The highest BCUT2D eigenvalue weighted by molar-refractivity contribution is 8.76. The quantitative estimate of drug-likeness (QED) is 0.0571. The molecular formula is C41H53N10O9S2+. The molecule has 1 aliphatic rings. The molecule has 5 rings (SSSR count). The first kappa shape index (κ1) is 47.0. The molecule has 1 fully saturated rings. The van der Waals surface area contributed by atoms with Crippen LogP contribution in [0.2, 0.25) is 0 Å². The van der Waals surface area contributed by atoms with E-state index < -0.39 is 90.5 Å². The third-order valence-electron chi connectivity index (χ3n) is 10.4. The molecule has 0 radical (unpaired) electrons. The molecule has 1 aliphatic heterocycles. The zero-order valence-electron chi connectivity index (χ0n) is 34.5. The van der Waals surface area contributed by atoms with Gasteiger partial charge in [-0.2, -0.15) is 0 Å². The molecule has 0 aliphatic carbocycles. The lowest BCUT2D eigenvalue weighted by Crippen LogP contribution is -2.59. The molecule has 0 spiro atoms. The number of imidazole rings is 1. The number of rotatable bonds is 11. The van der Waals surface area contributed by atoms with E-state index in [0.29, 0.717) is 25.8 Å². The van der Waals surface area contributed by atoms with Crippen LogP contribution in [0.5, 0.6) is 0 Å². The Kier molecular flexibility index (Phi) is 17.2. The fraction of sp³-hybridized carbons (Fsp3) is 0.439. The van der Waals surface area contributed by atoms with Gasteiger partial charge in [-0.25, -0.2) is 8.97 Å². The minimum absolute atomic E-state index is 0.00282. The summed E-state index contributed by atoms with van der Waals surface area (Å²) in [6, 6.07) is 7.07. The maximum Gasteiger partial charge on any atom is 0.305 e. The van der Waals surface area contributed by atoms with Gasteiger partial charge in [0, 0.05) is 47.6 Å². The molecule has 1 saturated heterocycles. The summed E-state index contributed by atoms with van der Waals surface area (Å²) in [7, 11) is 2.47. The number of benzene rings is 1. The Morgan fingerprint density at radius 3 is 2.40 bits per heavy atom. The first-order valence-electron chi connectivity index (χ1n) is 20.2. The molecule has 0 saturated carbocycles. The summed E-state index contributed by atoms with van der Waals surface area (Å²) in [6.07, 6.45) is 8.47. The van der Waals surface area contributed by atoms with Crippen LogP contribution in [0, 0.1) is 0 Å². The van der Waals surface area contributed by atoms with Crippen LogP contribution in [0.3, 0.4) is 0 Å². The Morgan fingerprint density at radius 1 is 0.871 bits per heavy atom.